The van der Waals surface area contributed by atoms with E-state index in [1.165, 1.54) is 12.8 Å². The van der Waals surface area contributed by atoms with Gasteiger partial charge in [-0.15, -0.1) is 0 Å². The molecule has 1 aliphatic heterocycles. The van der Waals surface area contributed by atoms with Gasteiger partial charge in [0.15, 0.2) is 0 Å². The van der Waals surface area contributed by atoms with Gasteiger partial charge in [0.25, 0.3) is 0 Å². The first-order chi connectivity index (χ1) is 9.70. The van der Waals surface area contributed by atoms with Gasteiger partial charge in [-0.3, -0.25) is 4.79 Å². The van der Waals surface area contributed by atoms with Gasteiger partial charge in [0, 0.05) is 12.5 Å². The van der Waals surface area contributed by atoms with E-state index in [2.05, 4.69) is 17.6 Å². The number of piperidine rings is 1. The summed E-state index contributed by atoms with van der Waals surface area (Å²) in [5.41, 5.74) is 0.753. The molecule has 110 valence electrons. The van der Waals surface area contributed by atoms with Gasteiger partial charge in [-0.05, 0) is 44.4 Å². The van der Waals surface area contributed by atoms with Gasteiger partial charge < -0.3 is 15.4 Å². The van der Waals surface area contributed by atoms with Crippen LogP contribution in [0.15, 0.2) is 24.3 Å². The lowest BCUT2D eigenvalue weighted by Crippen LogP contribution is -2.42. The summed E-state index contributed by atoms with van der Waals surface area (Å²) < 4.78 is 5.52. The summed E-state index contributed by atoms with van der Waals surface area (Å²) in [6.45, 7) is 5.75. The van der Waals surface area contributed by atoms with E-state index >= 15 is 0 Å². The number of para-hydroxylation sites is 2. The van der Waals surface area contributed by atoms with E-state index in [4.69, 9.17) is 4.74 Å². The molecule has 1 aliphatic rings. The molecule has 1 amide bonds. The van der Waals surface area contributed by atoms with Gasteiger partial charge in [0.05, 0.1) is 12.3 Å². The van der Waals surface area contributed by atoms with Crippen molar-refractivity contribution in [3.05, 3.63) is 24.3 Å². The van der Waals surface area contributed by atoms with Crippen molar-refractivity contribution in [2.45, 2.75) is 39.2 Å². The molecule has 4 heteroatoms. The standard InChI is InChI=1S/C16H24N2O2/c1-3-20-15-9-5-4-8-13(15)18-16(19)11-14-12(2)7-6-10-17-14/h4-5,8-9,12,14,17H,3,6-7,10-11H2,1-2H3,(H,18,19). The monoisotopic (exact) mass is 276 g/mol. The second-order valence-electron chi connectivity index (χ2n) is 5.36. The number of amides is 1. The first-order valence-electron chi connectivity index (χ1n) is 7.45. The van der Waals surface area contributed by atoms with Crippen LogP contribution in [0.3, 0.4) is 0 Å². The third kappa shape index (κ3) is 3.97. The highest BCUT2D eigenvalue weighted by molar-refractivity contribution is 5.92. The van der Waals surface area contributed by atoms with E-state index in [9.17, 15) is 4.79 Å². The molecular formula is C16H24N2O2. The van der Waals surface area contributed by atoms with Gasteiger partial charge in [-0.2, -0.15) is 0 Å². The number of ether oxygens (including phenoxy) is 1. The number of hydrogen-bond acceptors (Lipinski definition) is 3. The Hall–Kier alpha value is -1.55. The van der Waals surface area contributed by atoms with E-state index in [0.717, 1.165) is 18.0 Å². The zero-order valence-electron chi connectivity index (χ0n) is 12.3. The van der Waals surface area contributed by atoms with Crippen molar-refractivity contribution in [2.24, 2.45) is 5.92 Å². The van der Waals surface area contributed by atoms with Gasteiger partial charge in [0.2, 0.25) is 5.91 Å². The minimum Gasteiger partial charge on any atom is -0.492 e. The van der Waals surface area contributed by atoms with Crippen LogP contribution in [0.4, 0.5) is 5.69 Å². The quantitative estimate of drug-likeness (QED) is 0.869. The lowest BCUT2D eigenvalue weighted by atomic mass is 9.90. The molecule has 1 saturated heterocycles. The number of carbonyl (C=O) groups excluding carboxylic acids is 1. The molecule has 0 radical (unpaired) electrons. The van der Waals surface area contributed by atoms with E-state index in [1.807, 2.05) is 31.2 Å². The largest absolute Gasteiger partial charge is 0.492 e. The molecule has 2 rings (SSSR count). The highest BCUT2D eigenvalue weighted by Crippen LogP contribution is 2.24. The Labute approximate surface area is 120 Å². The molecule has 0 aromatic heterocycles. The molecule has 4 nitrogen and oxygen atoms in total. The summed E-state index contributed by atoms with van der Waals surface area (Å²) in [7, 11) is 0. The van der Waals surface area contributed by atoms with Crippen molar-refractivity contribution in [1.82, 2.24) is 5.32 Å². The minimum atomic E-state index is 0.0448. The van der Waals surface area contributed by atoms with Gasteiger partial charge in [0.1, 0.15) is 5.75 Å². The van der Waals surface area contributed by atoms with Gasteiger partial charge in [-0.25, -0.2) is 0 Å². The molecule has 20 heavy (non-hydrogen) atoms. The predicted octanol–water partition coefficient (Wildman–Crippen LogP) is 2.80. The van der Waals surface area contributed by atoms with Crippen molar-refractivity contribution >= 4 is 11.6 Å². The van der Waals surface area contributed by atoms with Crippen molar-refractivity contribution in [2.75, 3.05) is 18.5 Å². The number of rotatable bonds is 5. The fraction of sp³-hybridized carbons (Fsp3) is 0.562. The minimum absolute atomic E-state index is 0.0448. The molecule has 1 aromatic carbocycles. The van der Waals surface area contributed by atoms with Crippen LogP contribution < -0.4 is 15.4 Å². The van der Waals surface area contributed by atoms with Crippen LogP contribution >= 0.6 is 0 Å². The molecular weight excluding hydrogens is 252 g/mol. The van der Waals surface area contributed by atoms with Crippen LogP contribution in [0.5, 0.6) is 5.75 Å². The van der Waals surface area contributed by atoms with E-state index in [0.29, 0.717) is 18.9 Å². The van der Waals surface area contributed by atoms with Crippen molar-refractivity contribution in [1.29, 1.82) is 0 Å². The zero-order chi connectivity index (χ0) is 14.4. The van der Waals surface area contributed by atoms with Crippen LogP contribution in [-0.4, -0.2) is 25.1 Å². The van der Waals surface area contributed by atoms with E-state index in [1.54, 1.807) is 0 Å². The Morgan fingerprint density at radius 3 is 3.00 bits per heavy atom. The van der Waals surface area contributed by atoms with Crippen LogP contribution in [0.1, 0.15) is 33.1 Å². The molecule has 2 atom stereocenters. The highest BCUT2D eigenvalue weighted by Gasteiger charge is 2.23. The first-order valence-corrected chi connectivity index (χ1v) is 7.45. The fourth-order valence-electron chi connectivity index (χ4n) is 2.64. The molecule has 2 N–H and O–H groups in total. The molecule has 0 spiro atoms. The van der Waals surface area contributed by atoms with Gasteiger partial charge in [-0.1, -0.05) is 19.1 Å². The first kappa shape index (κ1) is 14.9. The molecule has 1 aromatic rings. The van der Waals surface area contributed by atoms with Gasteiger partial charge >= 0.3 is 0 Å². The zero-order valence-corrected chi connectivity index (χ0v) is 12.3. The Morgan fingerprint density at radius 2 is 2.25 bits per heavy atom. The van der Waals surface area contributed by atoms with Crippen LogP contribution in [0, 0.1) is 5.92 Å². The topological polar surface area (TPSA) is 50.4 Å². The van der Waals surface area contributed by atoms with Crippen LogP contribution in [0.2, 0.25) is 0 Å². The van der Waals surface area contributed by atoms with Crippen LogP contribution in [0.25, 0.3) is 0 Å². The Bertz CT molecular complexity index is 448. The third-order valence-corrected chi connectivity index (χ3v) is 3.80. The molecule has 0 saturated carbocycles. The number of benzene rings is 1. The number of anilines is 1. The SMILES string of the molecule is CCOc1ccccc1NC(=O)CC1NCCCC1C. The maximum Gasteiger partial charge on any atom is 0.226 e. The van der Waals surface area contributed by atoms with E-state index in [-0.39, 0.29) is 11.9 Å². The Balaban J connectivity index is 1.94. The summed E-state index contributed by atoms with van der Waals surface area (Å²) in [6, 6.07) is 7.84. The average Bonchev–Trinajstić information content (AvgIpc) is 2.44. The summed E-state index contributed by atoms with van der Waals surface area (Å²) in [4.78, 5) is 12.2. The molecule has 1 heterocycles. The Morgan fingerprint density at radius 1 is 1.45 bits per heavy atom. The summed E-state index contributed by atoms with van der Waals surface area (Å²) >= 11 is 0. The number of hydrogen-bond donors (Lipinski definition) is 2. The average molecular weight is 276 g/mol. The molecule has 0 bridgehead atoms. The highest BCUT2D eigenvalue weighted by atomic mass is 16.5. The smallest absolute Gasteiger partial charge is 0.226 e. The van der Waals surface area contributed by atoms with E-state index < -0.39 is 0 Å². The maximum atomic E-state index is 12.2. The normalized spacial score (nSPS) is 22.3. The predicted molar refractivity (Wildman–Crippen MR) is 81.0 cm³/mol. The second-order valence-corrected chi connectivity index (χ2v) is 5.36. The Kier molecular flexibility index (Phi) is 5.41. The molecule has 0 aliphatic carbocycles. The fourth-order valence-corrected chi connectivity index (χ4v) is 2.64. The lowest BCUT2D eigenvalue weighted by molar-refractivity contribution is -0.117. The number of nitrogens with one attached hydrogen (secondary N) is 2. The van der Waals surface area contributed by atoms with Crippen LogP contribution in [-0.2, 0) is 4.79 Å². The number of carbonyl (C=O) groups is 1. The second kappa shape index (κ2) is 7.29. The third-order valence-electron chi connectivity index (χ3n) is 3.80. The summed E-state index contributed by atoms with van der Waals surface area (Å²) in [5, 5.41) is 6.39. The summed E-state index contributed by atoms with van der Waals surface area (Å²) in [6.07, 6.45) is 2.91. The van der Waals surface area contributed by atoms with Crippen molar-refractivity contribution in [3.63, 3.8) is 0 Å². The molecule has 2 unspecified atom stereocenters. The lowest BCUT2D eigenvalue weighted by Gasteiger charge is -2.29. The molecule has 1 fully saturated rings. The van der Waals surface area contributed by atoms with Crippen molar-refractivity contribution in [3.8, 4) is 5.75 Å². The summed E-state index contributed by atoms with van der Waals surface area (Å²) in [5.74, 6) is 1.33. The van der Waals surface area contributed by atoms with Crippen molar-refractivity contribution < 1.29 is 9.53 Å². The maximum absolute atomic E-state index is 12.2.